The van der Waals surface area contributed by atoms with Gasteiger partial charge in [0, 0.05) is 11.7 Å². The summed E-state index contributed by atoms with van der Waals surface area (Å²) in [6, 6.07) is 14.7. The summed E-state index contributed by atoms with van der Waals surface area (Å²) in [5, 5.41) is 2.86. The number of benzene rings is 2. The molecule has 4 nitrogen and oxygen atoms in total. The Morgan fingerprint density at radius 3 is 2.48 bits per heavy atom. The van der Waals surface area contributed by atoms with Gasteiger partial charge in [-0.05, 0) is 43.7 Å². The van der Waals surface area contributed by atoms with Crippen LogP contribution in [-0.2, 0) is 0 Å². The number of hydrogen-bond acceptors (Lipinski definition) is 3. The lowest BCUT2D eigenvalue weighted by molar-refractivity contribution is 0.102. The van der Waals surface area contributed by atoms with Crippen molar-refractivity contribution in [1.29, 1.82) is 0 Å². The van der Waals surface area contributed by atoms with Gasteiger partial charge in [0.15, 0.2) is 0 Å². The van der Waals surface area contributed by atoms with Gasteiger partial charge >= 0.3 is 0 Å². The number of carbonyl (C=O) groups is 1. The first-order chi connectivity index (χ1) is 10.1. The number of hydrogen-bond donors (Lipinski definition) is 2. The Morgan fingerprint density at radius 2 is 1.86 bits per heavy atom. The van der Waals surface area contributed by atoms with Crippen LogP contribution in [0.3, 0.4) is 0 Å². The van der Waals surface area contributed by atoms with E-state index in [0.29, 0.717) is 17.9 Å². The van der Waals surface area contributed by atoms with E-state index in [0.717, 1.165) is 11.3 Å². The maximum Gasteiger partial charge on any atom is 0.259 e. The number of carbonyl (C=O) groups excluding carboxylic acids is 1. The second-order valence-electron chi connectivity index (χ2n) is 4.79. The molecule has 0 heterocycles. The molecule has 4 heteroatoms. The Hall–Kier alpha value is -2.33. The largest absolute Gasteiger partial charge is 0.493 e. The lowest BCUT2D eigenvalue weighted by Crippen LogP contribution is -2.14. The second-order valence-corrected chi connectivity index (χ2v) is 4.79. The van der Waals surface area contributed by atoms with Crippen molar-refractivity contribution < 1.29 is 9.53 Å². The number of nitrogens with one attached hydrogen (secondary N) is 1. The minimum atomic E-state index is -0.187. The first-order valence-electron chi connectivity index (χ1n) is 7.00. The highest BCUT2D eigenvalue weighted by atomic mass is 16.5. The lowest BCUT2D eigenvalue weighted by atomic mass is 10.1. The average molecular weight is 284 g/mol. The highest BCUT2D eigenvalue weighted by molar-refractivity contribution is 6.06. The predicted octanol–water partition coefficient (Wildman–Crippen LogP) is 3.36. The van der Waals surface area contributed by atoms with E-state index in [1.807, 2.05) is 50.2 Å². The van der Waals surface area contributed by atoms with Crippen LogP contribution in [0.15, 0.2) is 48.5 Å². The van der Waals surface area contributed by atoms with Crippen molar-refractivity contribution in [2.24, 2.45) is 5.73 Å². The third-order valence-corrected chi connectivity index (χ3v) is 3.13. The van der Waals surface area contributed by atoms with Gasteiger partial charge in [-0.3, -0.25) is 4.79 Å². The maximum atomic E-state index is 12.3. The van der Waals surface area contributed by atoms with Gasteiger partial charge < -0.3 is 15.8 Å². The van der Waals surface area contributed by atoms with E-state index in [1.165, 1.54) is 0 Å². The number of anilines is 1. The van der Waals surface area contributed by atoms with E-state index in [2.05, 4.69) is 5.32 Å². The number of nitrogens with two attached hydrogens (primary N) is 1. The summed E-state index contributed by atoms with van der Waals surface area (Å²) >= 11 is 0. The fourth-order valence-corrected chi connectivity index (χ4v) is 2.00. The summed E-state index contributed by atoms with van der Waals surface area (Å²) in [4.78, 5) is 12.3. The van der Waals surface area contributed by atoms with E-state index >= 15 is 0 Å². The van der Waals surface area contributed by atoms with Crippen LogP contribution >= 0.6 is 0 Å². The zero-order valence-electron chi connectivity index (χ0n) is 12.3. The molecule has 2 aromatic carbocycles. The summed E-state index contributed by atoms with van der Waals surface area (Å²) < 4.78 is 5.47. The van der Waals surface area contributed by atoms with Gasteiger partial charge in [-0.25, -0.2) is 0 Å². The van der Waals surface area contributed by atoms with E-state index in [1.54, 1.807) is 12.1 Å². The van der Waals surface area contributed by atoms with Gasteiger partial charge in [0.05, 0.1) is 12.2 Å². The summed E-state index contributed by atoms with van der Waals surface area (Å²) in [6.07, 6.45) is 0. The van der Waals surface area contributed by atoms with Crippen LogP contribution in [0.25, 0.3) is 0 Å². The van der Waals surface area contributed by atoms with Crippen molar-refractivity contribution in [2.75, 3.05) is 11.9 Å². The van der Waals surface area contributed by atoms with E-state index in [4.69, 9.17) is 10.5 Å². The third kappa shape index (κ3) is 3.83. The van der Waals surface area contributed by atoms with Gasteiger partial charge in [-0.1, -0.05) is 24.3 Å². The molecule has 0 fully saturated rings. The topological polar surface area (TPSA) is 64.3 Å². The lowest BCUT2D eigenvalue weighted by Gasteiger charge is -2.11. The highest BCUT2D eigenvalue weighted by Gasteiger charge is 2.12. The summed E-state index contributed by atoms with van der Waals surface area (Å²) in [5.74, 6) is 0.400. The molecule has 0 spiro atoms. The van der Waals surface area contributed by atoms with Crippen molar-refractivity contribution in [1.82, 2.24) is 0 Å². The Labute approximate surface area is 124 Å². The Kier molecular flexibility index (Phi) is 4.95. The second kappa shape index (κ2) is 6.90. The molecule has 2 rings (SSSR count). The summed E-state index contributed by atoms with van der Waals surface area (Å²) in [7, 11) is 0. The van der Waals surface area contributed by atoms with Gasteiger partial charge in [-0.15, -0.1) is 0 Å². The average Bonchev–Trinajstić information content (AvgIpc) is 2.48. The molecule has 1 unspecified atom stereocenters. The normalized spacial score (nSPS) is 11.8. The van der Waals surface area contributed by atoms with Crippen LogP contribution in [0.4, 0.5) is 5.69 Å². The molecular weight excluding hydrogens is 264 g/mol. The zero-order chi connectivity index (χ0) is 15.2. The fraction of sp³-hybridized carbons (Fsp3) is 0.235. The standard InChI is InChI=1S/C17H20N2O2/c1-3-21-16-7-5-4-6-15(16)17(20)19-14-10-8-13(9-11-14)12(2)18/h4-12H,3,18H2,1-2H3,(H,19,20). The van der Waals surface area contributed by atoms with Crippen molar-refractivity contribution in [3.05, 3.63) is 59.7 Å². The van der Waals surface area contributed by atoms with Crippen molar-refractivity contribution >= 4 is 11.6 Å². The van der Waals surface area contributed by atoms with Crippen LogP contribution in [0.2, 0.25) is 0 Å². The summed E-state index contributed by atoms with van der Waals surface area (Å²) in [6.45, 7) is 4.33. The molecule has 0 aromatic heterocycles. The quantitative estimate of drug-likeness (QED) is 0.885. The minimum absolute atomic E-state index is 0.0200. The van der Waals surface area contributed by atoms with E-state index < -0.39 is 0 Å². The Balaban J connectivity index is 2.14. The van der Waals surface area contributed by atoms with E-state index in [9.17, 15) is 4.79 Å². The summed E-state index contributed by atoms with van der Waals surface area (Å²) in [5.41, 5.74) is 8.09. The molecule has 0 aliphatic heterocycles. The Morgan fingerprint density at radius 1 is 1.19 bits per heavy atom. The molecule has 0 radical (unpaired) electrons. The molecule has 0 aliphatic rings. The van der Waals surface area contributed by atoms with Gasteiger partial charge in [0.25, 0.3) is 5.91 Å². The first-order valence-corrected chi connectivity index (χ1v) is 7.00. The third-order valence-electron chi connectivity index (χ3n) is 3.13. The van der Waals surface area contributed by atoms with Gasteiger partial charge in [0.2, 0.25) is 0 Å². The first kappa shape index (κ1) is 15.1. The monoisotopic (exact) mass is 284 g/mol. The Bertz CT molecular complexity index is 606. The molecule has 21 heavy (non-hydrogen) atoms. The molecule has 1 atom stereocenters. The molecule has 110 valence electrons. The van der Waals surface area contributed by atoms with Crippen molar-refractivity contribution in [3.8, 4) is 5.75 Å². The number of rotatable bonds is 5. The molecule has 0 aliphatic carbocycles. The van der Waals surface area contributed by atoms with Crippen LogP contribution in [-0.4, -0.2) is 12.5 Å². The fourth-order valence-electron chi connectivity index (χ4n) is 2.00. The number of ether oxygens (including phenoxy) is 1. The highest BCUT2D eigenvalue weighted by Crippen LogP contribution is 2.20. The van der Waals surface area contributed by atoms with Crippen LogP contribution in [0.1, 0.15) is 35.8 Å². The SMILES string of the molecule is CCOc1ccccc1C(=O)Nc1ccc(C(C)N)cc1. The molecule has 0 bridgehead atoms. The van der Waals surface area contributed by atoms with Crippen molar-refractivity contribution in [2.45, 2.75) is 19.9 Å². The van der Waals surface area contributed by atoms with Gasteiger partial charge in [0.1, 0.15) is 5.75 Å². The maximum absolute atomic E-state index is 12.3. The zero-order valence-corrected chi connectivity index (χ0v) is 12.3. The van der Waals surface area contributed by atoms with Crippen molar-refractivity contribution in [3.63, 3.8) is 0 Å². The molecule has 1 amide bonds. The smallest absolute Gasteiger partial charge is 0.259 e. The molecule has 0 saturated heterocycles. The minimum Gasteiger partial charge on any atom is -0.493 e. The number of amides is 1. The molecule has 2 aromatic rings. The predicted molar refractivity (Wildman–Crippen MR) is 84.6 cm³/mol. The van der Waals surface area contributed by atoms with Crippen LogP contribution < -0.4 is 15.8 Å². The van der Waals surface area contributed by atoms with Gasteiger partial charge in [-0.2, -0.15) is 0 Å². The molecule has 3 N–H and O–H groups in total. The molecule has 0 saturated carbocycles. The van der Waals surface area contributed by atoms with E-state index in [-0.39, 0.29) is 11.9 Å². The van der Waals surface area contributed by atoms with Crippen LogP contribution in [0, 0.1) is 0 Å². The number of para-hydroxylation sites is 1. The van der Waals surface area contributed by atoms with Crippen LogP contribution in [0.5, 0.6) is 5.75 Å². The molecular formula is C17H20N2O2.